The number of pyridine rings is 1. The standard InChI is InChI=1S/C25H32N4O2/c26-25-22-13-20(30)17-29(23(22)14-24(27-25)31-21-8-1-2-9-21)16-19-7-5-6-18(12-19)15-28-10-3-4-11-28/h5-7,12,14,21H,1-4,8-11,13,15-17H2,(H2,26,27). The maximum atomic E-state index is 12.5. The molecular formula is C25H32N4O2. The van der Waals surface area contributed by atoms with Gasteiger partial charge in [0, 0.05) is 31.1 Å². The fourth-order valence-corrected chi connectivity index (χ4v) is 5.19. The van der Waals surface area contributed by atoms with Crippen molar-refractivity contribution in [2.45, 2.75) is 64.1 Å². The van der Waals surface area contributed by atoms with Crippen molar-refractivity contribution in [1.29, 1.82) is 0 Å². The second kappa shape index (κ2) is 8.87. The number of rotatable bonds is 6. The van der Waals surface area contributed by atoms with E-state index in [-0.39, 0.29) is 11.9 Å². The molecule has 1 aromatic heterocycles. The average Bonchev–Trinajstić information content (AvgIpc) is 3.44. The van der Waals surface area contributed by atoms with Gasteiger partial charge in [-0.1, -0.05) is 24.3 Å². The normalized spacial score (nSPS) is 19.7. The monoisotopic (exact) mass is 420 g/mol. The van der Waals surface area contributed by atoms with Gasteiger partial charge in [-0.15, -0.1) is 0 Å². The second-order valence-electron chi connectivity index (χ2n) is 9.24. The van der Waals surface area contributed by atoms with E-state index in [1.807, 2.05) is 6.07 Å². The van der Waals surface area contributed by atoms with Gasteiger partial charge in [0.25, 0.3) is 0 Å². The molecule has 1 aliphatic carbocycles. The molecule has 0 bridgehead atoms. The second-order valence-corrected chi connectivity index (χ2v) is 9.24. The Morgan fingerprint density at radius 1 is 1.03 bits per heavy atom. The van der Waals surface area contributed by atoms with Crippen LogP contribution in [0, 0.1) is 0 Å². The molecule has 2 N–H and O–H groups in total. The molecule has 1 aromatic carbocycles. The number of hydrogen-bond acceptors (Lipinski definition) is 6. The molecule has 2 fully saturated rings. The highest BCUT2D eigenvalue weighted by atomic mass is 16.5. The van der Waals surface area contributed by atoms with Crippen LogP contribution < -0.4 is 15.4 Å². The number of hydrogen-bond donors (Lipinski definition) is 1. The van der Waals surface area contributed by atoms with Crippen LogP contribution >= 0.6 is 0 Å². The molecule has 0 amide bonds. The molecule has 2 aliphatic heterocycles. The molecule has 0 spiro atoms. The highest BCUT2D eigenvalue weighted by Crippen LogP contribution is 2.35. The first kappa shape index (κ1) is 20.3. The quantitative estimate of drug-likeness (QED) is 0.768. The number of nitrogens with two attached hydrogens (primary N) is 1. The van der Waals surface area contributed by atoms with Gasteiger partial charge >= 0.3 is 0 Å². The minimum Gasteiger partial charge on any atom is -0.474 e. The van der Waals surface area contributed by atoms with Crippen molar-refractivity contribution in [3.63, 3.8) is 0 Å². The number of Topliss-reactive ketones (excluding diaryl/α,β-unsaturated/α-hetero) is 1. The van der Waals surface area contributed by atoms with Gasteiger partial charge in [0.05, 0.1) is 12.2 Å². The van der Waals surface area contributed by atoms with Crippen LogP contribution in [0.25, 0.3) is 0 Å². The van der Waals surface area contributed by atoms with Crippen LogP contribution in [0.15, 0.2) is 30.3 Å². The van der Waals surface area contributed by atoms with Crippen LogP contribution in [0.1, 0.15) is 55.2 Å². The largest absolute Gasteiger partial charge is 0.474 e. The molecule has 5 rings (SSSR count). The number of anilines is 2. The average molecular weight is 421 g/mol. The van der Waals surface area contributed by atoms with Gasteiger partial charge in [-0.2, -0.15) is 4.98 Å². The van der Waals surface area contributed by atoms with Crippen LogP contribution in [0.5, 0.6) is 5.88 Å². The van der Waals surface area contributed by atoms with Crippen molar-refractivity contribution >= 4 is 17.3 Å². The zero-order valence-corrected chi connectivity index (χ0v) is 18.2. The lowest BCUT2D eigenvalue weighted by molar-refractivity contribution is -0.117. The lowest BCUT2D eigenvalue weighted by Gasteiger charge is -2.31. The first-order chi connectivity index (χ1) is 15.1. The summed E-state index contributed by atoms with van der Waals surface area (Å²) in [5, 5.41) is 0. The van der Waals surface area contributed by atoms with Crippen LogP contribution in [0.4, 0.5) is 11.5 Å². The predicted molar refractivity (Wildman–Crippen MR) is 122 cm³/mol. The molecule has 0 radical (unpaired) electrons. The van der Waals surface area contributed by atoms with E-state index in [0.29, 0.717) is 31.2 Å². The molecule has 3 aliphatic rings. The summed E-state index contributed by atoms with van der Waals surface area (Å²) in [6.45, 7) is 4.46. The summed E-state index contributed by atoms with van der Waals surface area (Å²) in [4.78, 5) is 21.6. The summed E-state index contributed by atoms with van der Waals surface area (Å²) >= 11 is 0. The number of ketones is 1. The fraction of sp³-hybridized carbons (Fsp3) is 0.520. The Kier molecular flexibility index (Phi) is 5.81. The van der Waals surface area contributed by atoms with Crippen molar-refractivity contribution in [2.75, 3.05) is 30.3 Å². The SMILES string of the molecule is Nc1nc(OC2CCCC2)cc2c1CC(=O)CN2Cc1cccc(CN2CCCC2)c1. The Morgan fingerprint density at radius 3 is 2.55 bits per heavy atom. The smallest absolute Gasteiger partial charge is 0.217 e. The van der Waals surface area contributed by atoms with Crippen LogP contribution in [0.2, 0.25) is 0 Å². The van der Waals surface area contributed by atoms with Crippen LogP contribution in [-0.4, -0.2) is 41.4 Å². The molecule has 164 valence electrons. The van der Waals surface area contributed by atoms with Crippen molar-refractivity contribution in [3.05, 3.63) is 47.0 Å². The number of benzene rings is 1. The molecule has 6 nitrogen and oxygen atoms in total. The molecular weight excluding hydrogens is 388 g/mol. The van der Waals surface area contributed by atoms with E-state index < -0.39 is 0 Å². The first-order valence-electron chi connectivity index (χ1n) is 11.7. The number of carbonyl (C=O) groups excluding carboxylic acids is 1. The van der Waals surface area contributed by atoms with Crippen molar-refractivity contribution in [3.8, 4) is 5.88 Å². The molecule has 6 heteroatoms. The van der Waals surface area contributed by atoms with Gasteiger partial charge < -0.3 is 15.4 Å². The van der Waals surface area contributed by atoms with Gasteiger partial charge in [-0.05, 0) is 62.7 Å². The molecule has 2 aromatic rings. The number of nitrogens with zero attached hydrogens (tertiary/aromatic N) is 3. The Bertz CT molecular complexity index is 949. The number of carbonyl (C=O) groups is 1. The third-order valence-electron chi connectivity index (χ3n) is 6.75. The van der Waals surface area contributed by atoms with Gasteiger partial charge in [0.1, 0.15) is 11.9 Å². The summed E-state index contributed by atoms with van der Waals surface area (Å²) in [7, 11) is 0. The minimum absolute atomic E-state index is 0.179. The van der Waals surface area contributed by atoms with Crippen molar-refractivity contribution in [2.24, 2.45) is 0 Å². The first-order valence-corrected chi connectivity index (χ1v) is 11.7. The Hall–Kier alpha value is -2.60. The number of aromatic nitrogens is 1. The van der Waals surface area contributed by atoms with Crippen LogP contribution in [-0.2, 0) is 24.3 Å². The zero-order valence-electron chi connectivity index (χ0n) is 18.2. The highest BCUT2D eigenvalue weighted by Gasteiger charge is 2.27. The summed E-state index contributed by atoms with van der Waals surface area (Å²) < 4.78 is 6.13. The van der Waals surface area contributed by atoms with E-state index in [1.54, 1.807) is 0 Å². The Labute approximate surface area is 184 Å². The van der Waals surface area contributed by atoms with Crippen molar-refractivity contribution < 1.29 is 9.53 Å². The fourth-order valence-electron chi connectivity index (χ4n) is 5.19. The van der Waals surface area contributed by atoms with Crippen LogP contribution in [0.3, 0.4) is 0 Å². The van der Waals surface area contributed by atoms with E-state index in [9.17, 15) is 4.79 Å². The third kappa shape index (κ3) is 4.69. The lowest BCUT2D eigenvalue weighted by Crippen LogP contribution is -2.36. The van der Waals surface area contributed by atoms with Gasteiger partial charge in [0.2, 0.25) is 5.88 Å². The number of likely N-dealkylation sites (tertiary alicyclic amines) is 1. The van der Waals surface area contributed by atoms with E-state index in [1.165, 1.54) is 49.9 Å². The molecule has 0 unspecified atom stereocenters. The topological polar surface area (TPSA) is 71.7 Å². The molecule has 3 heterocycles. The summed E-state index contributed by atoms with van der Waals surface area (Å²) in [5.74, 6) is 1.19. The molecule has 1 saturated heterocycles. The number of nitrogen functional groups attached to an aromatic ring is 1. The Balaban J connectivity index is 1.37. The maximum absolute atomic E-state index is 12.5. The van der Waals surface area contributed by atoms with Gasteiger partial charge in [-0.3, -0.25) is 9.69 Å². The van der Waals surface area contributed by atoms with E-state index in [0.717, 1.165) is 30.6 Å². The molecule has 0 atom stereocenters. The van der Waals surface area contributed by atoms with Gasteiger partial charge in [0.15, 0.2) is 5.78 Å². The third-order valence-corrected chi connectivity index (χ3v) is 6.75. The Morgan fingerprint density at radius 2 is 1.77 bits per heavy atom. The van der Waals surface area contributed by atoms with Crippen molar-refractivity contribution in [1.82, 2.24) is 9.88 Å². The van der Waals surface area contributed by atoms with E-state index in [2.05, 4.69) is 39.0 Å². The summed E-state index contributed by atoms with van der Waals surface area (Å²) in [5.41, 5.74) is 10.7. The lowest BCUT2D eigenvalue weighted by atomic mass is 10.0. The summed E-state index contributed by atoms with van der Waals surface area (Å²) in [6, 6.07) is 10.7. The van der Waals surface area contributed by atoms with Gasteiger partial charge in [-0.25, -0.2) is 0 Å². The molecule has 1 saturated carbocycles. The number of ether oxygens (including phenoxy) is 1. The molecule has 31 heavy (non-hydrogen) atoms. The highest BCUT2D eigenvalue weighted by molar-refractivity contribution is 5.92. The predicted octanol–water partition coefficient (Wildman–Crippen LogP) is 3.71. The van der Waals surface area contributed by atoms with E-state index in [4.69, 9.17) is 10.5 Å². The minimum atomic E-state index is 0.179. The summed E-state index contributed by atoms with van der Waals surface area (Å²) in [6.07, 6.45) is 7.74. The maximum Gasteiger partial charge on any atom is 0.217 e. The zero-order chi connectivity index (χ0) is 21.2. The number of fused-ring (bicyclic) bond motifs is 1. The van der Waals surface area contributed by atoms with E-state index >= 15 is 0 Å².